The van der Waals surface area contributed by atoms with Crippen molar-refractivity contribution in [1.82, 2.24) is 0 Å². The number of esters is 2. The topological polar surface area (TPSA) is 89.5 Å². The van der Waals surface area contributed by atoms with Crippen LogP contribution in [0.15, 0.2) is 121 Å². The third kappa shape index (κ3) is 14.9. The molecule has 4 rings (SSSR count). The van der Waals surface area contributed by atoms with Gasteiger partial charge in [0.2, 0.25) is 12.1 Å². The lowest BCUT2D eigenvalue weighted by molar-refractivity contribution is -0.235. The summed E-state index contributed by atoms with van der Waals surface area (Å²) in [4.78, 5) is 31.7. The summed E-state index contributed by atoms with van der Waals surface area (Å²) in [5.41, 5.74) is 3.41. The molecule has 0 aliphatic carbocycles. The van der Waals surface area contributed by atoms with Crippen LogP contribution in [-0.4, -0.2) is 74.3 Å². The monoisotopic (exact) mass is 1250 g/mol. The Hall–Kier alpha value is -1.16. The average molecular weight is 1260 g/mol. The third-order valence-electron chi connectivity index (χ3n) is 10.0. The fraction of sp³-hybridized carbons (Fsp3) is 0.362. The summed E-state index contributed by atoms with van der Waals surface area (Å²) >= 11 is 25.0. The Kier molecular flexibility index (Phi) is 22.7. The van der Waals surface area contributed by atoms with E-state index >= 15 is 0 Å². The molecule has 0 bridgehead atoms. The number of carbonyl (C=O) groups excluding carboxylic acids is 2. The van der Waals surface area contributed by atoms with Gasteiger partial charge >= 0.3 is 11.9 Å². The maximum absolute atomic E-state index is 12.6. The second-order valence-electron chi connectivity index (χ2n) is 14.7. The van der Waals surface area contributed by atoms with Crippen molar-refractivity contribution in [1.29, 1.82) is 0 Å². The number of ether oxygens (including phenoxy) is 6. The van der Waals surface area contributed by atoms with Crippen LogP contribution in [0.5, 0.6) is 11.5 Å². The van der Waals surface area contributed by atoms with E-state index in [0.29, 0.717) is 29.4 Å². The molecule has 4 aromatic carbocycles. The first kappa shape index (κ1) is 56.4. The maximum atomic E-state index is 12.6. The van der Waals surface area contributed by atoms with Gasteiger partial charge in [0.15, 0.2) is 18.5 Å². The first-order valence-corrected chi connectivity index (χ1v) is 30.1. The van der Waals surface area contributed by atoms with E-state index in [9.17, 15) is 9.59 Å². The highest BCUT2D eigenvalue weighted by Gasteiger charge is 2.34. The second-order valence-corrected chi connectivity index (χ2v) is 23.2. The van der Waals surface area contributed by atoms with Gasteiger partial charge in [-0.25, -0.2) is 9.59 Å². The van der Waals surface area contributed by atoms with Crippen LogP contribution in [0.3, 0.4) is 0 Å². The Morgan fingerprint density at radius 3 is 1.45 bits per heavy atom. The van der Waals surface area contributed by atoms with Crippen LogP contribution in [0, 0.1) is 0 Å². The minimum absolute atomic E-state index is 0.113. The van der Waals surface area contributed by atoms with Crippen LogP contribution in [0.2, 0.25) is 0 Å². The van der Waals surface area contributed by atoms with Crippen molar-refractivity contribution in [3.63, 3.8) is 0 Å². The molecular formula is C47H52Br4O8S6. The second kappa shape index (κ2) is 26.2. The number of hydrogen-bond donors (Lipinski definition) is 0. The lowest BCUT2D eigenvalue weighted by Crippen LogP contribution is -2.40. The number of benzene rings is 4. The van der Waals surface area contributed by atoms with Crippen molar-refractivity contribution >= 4 is 146 Å². The van der Waals surface area contributed by atoms with Gasteiger partial charge in [0.1, 0.15) is 5.75 Å². The Morgan fingerprint density at radius 1 is 0.631 bits per heavy atom. The Labute approximate surface area is 443 Å². The number of carbonyl (C=O) groups is 2. The van der Waals surface area contributed by atoms with Gasteiger partial charge in [-0.1, -0.05) is 27.0 Å². The van der Waals surface area contributed by atoms with Crippen LogP contribution in [0.25, 0.3) is 0 Å². The molecule has 65 heavy (non-hydrogen) atoms. The van der Waals surface area contributed by atoms with E-state index in [4.69, 9.17) is 28.4 Å². The van der Waals surface area contributed by atoms with Crippen molar-refractivity contribution in [3.05, 3.63) is 114 Å². The van der Waals surface area contributed by atoms with E-state index < -0.39 is 35.5 Å². The molecule has 0 heterocycles. The van der Waals surface area contributed by atoms with E-state index in [1.807, 2.05) is 49.3 Å². The number of rotatable bonds is 24. The van der Waals surface area contributed by atoms with Crippen LogP contribution >= 0.6 is 134 Å². The van der Waals surface area contributed by atoms with Gasteiger partial charge in [-0.15, -0.1) is 70.6 Å². The van der Waals surface area contributed by atoms with Crippen LogP contribution < -0.4 is 9.47 Å². The highest BCUT2D eigenvalue weighted by molar-refractivity contribution is 9.11. The molecule has 0 saturated carbocycles. The van der Waals surface area contributed by atoms with Crippen LogP contribution in [0.1, 0.15) is 49.9 Å². The zero-order valence-electron chi connectivity index (χ0n) is 37.7. The number of thioether (sulfide) groups is 6. The summed E-state index contributed by atoms with van der Waals surface area (Å²) < 4.78 is 39.9. The van der Waals surface area contributed by atoms with E-state index in [-0.39, 0.29) is 19.8 Å². The standard InChI is InChI=1S/C47H52Br4O8S6/c1-13-41(52)57-26(3)45(54-23-31-37(62-9)19-29(60-7)20-38(31)63-10)58-44-35(50)17-28(18-36(44)51)46(4,5)27-15-33(48)43(34(49)16-27)55-25-47(6,59-42(53)14-2)56-24-32-39(64-11)21-30(61-8)22-40(32)65-12/h13-22,26,45H,1-2,23-25H2,3-12H3. The van der Waals surface area contributed by atoms with E-state index in [2.05, 4.69) is 128 Å². The number of halogens is 4. The molecular weight excluding hydrogens is 1200 g/mol. The first-order valence-electron chi connectivity index (χ1n) is 19.6. The van der Waals surface area contributed by atoms with E-state index in [1.54, 1.807) is 84.4 Å². The van der Waals surface area contributed by atoms with Crippen molar-refractivity contribution in [2.24, 2.45) is 0 Å². The van der Waals surface area contributed by atoms with Gasteiger partial charge in [0, 0.05) is 65.0 Å². The minimum Gasteiger partial charge on any atom is -0.484 e. The summed E-state index contributed by atoms with van der Waals surface area (Å²) in [6.07, 6.45) is 12.7. The lowest BCUT2D eigenvalue weighted by Gasteiger charge is -2.31. The molecule has 0 aromatic heterocycles. The predicted molar refractivity (Wildman–Crippen MR) is 289 cm³/mol. The van der Waals surface area contributed by atoms with E-state index in [0.717, 1.165) is 58.9 Å². The van der Waals surface area contributed by atoms with E-state index in [1.165, 1.54) is 4.90 Å². The Bertz CT molecular complexity index is 2270. The molecule has 0 saturated heterocycles. The van der Waals surface area contributed by atoms with Crippen molar-refractivity contribution < 1.29 is 38.0 Å². The molecule has 8 nitrogen and oxygen atoms in total. The summed E-state index contributed by atoms with van der Waals surface area (Å²) in [7, 11) is 0. The fourth-order valence-electron chi connectivity index (χ4n) is 6.32. The largest absolute Gasteiger partial charge is 0.484 e. The van der Waals surface area contributed by atoms with Crippen molar-refractivity contribution in [2.45, 2.75) is 93.9 Å². The Morgan fingerprint density at radius 2 is 1.05 bits per heavy atom. The van der Waals surface area contributed by atoms with Crippen LogP contribution in [0.4, 0.5) is 0 Å². The fourth-order valence-corrected chi connectivity index (χ4v) is 13.1. The molecule has 0 amide bonds. The highest BCUT2D eigenvalue weighted by Crippen LogP contribution is 2.45. The molecule has 0 N–H and O–H groups in total. The summed E-state index contributed by atoms with van der Waals surface area (Å²) in [6.45, 7) is 15.1. The van der Waals surface area contributed by atoms with Gasteiger partial charge in [-0.3, -0.25) is 0 Å². The van der Waals surface area contributed by atoms with Crippen LogP contribution in [-0.2, 0) is 47.2 Å². The molecule has 352 valence electrons. The van der Waals surface area contributed by atoms with Crippen molar-refractivity contribution in [2.75, 3.05) is 44.1 Å². The molecule has 4 aromatic rings. The summed E-state index contributed by atoms with van der Waals surface area (Å²) in [6, 6.07) is 16.6. The quantitative estimate of drug-likeness (QED) is 0.0289. The van der Waals surface area contributed by atoms with Gasteiger partial charge in [-0.05, 0) is 168 Å². The molecule has 0 fully saturated rings. The van der Waals surface area contributed by atoms with Gasteiger partial charge in [-0.2, -0.15) is 0 Å². The van der Waals surface area contributed by atoms with Gasteiger partial charge in [0.05, 0.1) is 31.1 Å². The zero-order chi connectivity index (χ0) is 48.2. The maximum Gasteiger partial charge on any atom is 0.332 e. The Balaban J connectivity index is 1.61. The molecule has 3 unspecified atom stereocenters. The first-order chi connectivity index (χ1) is 30.8. The number of hydrogen-bond acceptors (Lipinski definition) is 14. The zero-order valence-corrected chi connectivity index (χ0v) is 48.9. The normalized spacial score (nSPS) is 13.4. The summed E-state index contributed by atoms with van der Waals surface area (Å²) in [5, 5.41) is 0. The molecule has 0 spiro atoms. The average Bonchev–Trinajstić information content (AvgIpc) is 3.28. The van der Waals surface area contributed by atoms with Gasteiger partial charge in [0.25, 0.3) is 0 Å². The third-order valence-corrected chi connectivity index (χ3v) is 17.0. The lowest BCUT2D eigenvalue weighted by atomic mass is 9.78. The SMILES string of the molecule is C=CC(=O)OC(C)C(OCc1c(SC)cc(SC)cc1SC)Oc1c(Br)cc(C(C)(C)c2cc(Br)c(OCC(C)(OCc3c(SC)cc(SC)cc3SC)OC(=O)C=C)c(Br)c2)cc1Br. The molecule has 0 radical (unpaired) electrons. The van der Waals surface area contributed by atoms with Gasteiger partial charge < -0.3 is 28.4 Å². The summed E-state index contributed by atoms with van der Waals surface area (Å²) in [5.74, 6) is -1.70. The molecule has 18 heteroatoms. The predicted octanol–water partition coefficient (Wildman–Crippen LogP) is 15.5. The molecule has 3 atom stereocenters. The smallest absolute Gasteiger partial charge is 0.332 e. The molecule has 0 aliphatic rings. The minimum atomic E-state index is -1.46. The highest BCUT2D eigenvalue weighted by atomic mass is 79.9. The van der Waals surface area contributed by atoms with Crippen molar-refractivity contribution in [3.8, 4) is 11.5 Å². The molecule has 0 aliphatic heterocycles.